The van der Waals surface area contributed by atoms with Crippen LogP contribution in [0.4, 0.5) is 0 Å². The van der Waals surface area contributed by atoms with Crippen LogP contribution in [0.2, 0.25) is 10.0 Å². The number of hydrogen-bond donors (Lipinski definition) is 0. The molecule has 0 unspecified atom stereocenters. The number of ether oxygens (including phenoxy) is 2. The molecule has 2 aromatic carbocycles. The molecule has 0 fully saturated rings. The summed E-state index contributed by atoms with van der Waals surface area (Å²) in [6.45, 7) is 3.85. The molecule has 0 aliphatic heterocycles. The van der Waals surface area contributed by atoms with Gasteiger partial charge in [-0.05, 0) is 76.0 Å². The van der Waals surface area contributed by atoms with Crippen LogP contribution in [0.5, 0.6) is 11.5 Å². The highest BCUT2D eigenvalue weighted by molar-refractivity contribution is 9.11. The zero-order chi connectivity index (χ0) is 17.1. The predicted octanol–water partition coefficient (Wildman–Crippen LogP) is 6.52. The van der Waals surface area contributed by atoms with Crippen LogP contribution in [0.25, 0.3) is 0 Å². The van der Waals surface area contributed by atoms with Crippen LogP contribution in [-0.4, -0.2) is 12.1 Å². The van der Waals surface area contributed by atoms with Crippen LogP contribution >= 0.6 is 55.1 Å². The van der Waals surface area contributed by atoms with E-state index in [0.717, 1.165) is 0 Å². The minimum atomic E-state index is -0.535. The summed E-state index contributed by atoms with van der Waals surface area (Å²) in [4.78, 5) is 12.3. The lowest BCUT2D eigenvalue weighted by Crippen LogP contribution is -2.10. The third kappa shape index (κ3) is 4.86. The molecule has 122 valence electrons. The maximum atomic E-state index is 12.3. The molecule has 0 aliphatic rings. The first-order valence-corrected chi connectivity index (χ1v) is 8.95. The summed E-state index contributed by atoms with van der Waals surface area (Å²) >= 11 is 18.6. The third-order valence-corrected chi connectivity index (χ3v) is 4.40. The molecule has 0 saturated heterocycles. The van der Waals surface area contributed by atoms with Crippen molar-refractivity contribution in [1.29, 1.82) is 0 Å². The fourth-order valence-electron chi connectivity index (χ4n) is 1.76. The Labute approximate surface area is 161 Å². The van der Waals surface area contributed by atoms with Gasteiger partial charge in [-0.1, -0.05) is 23.2 Å². The van der Waals surface area contributed by atoms with E-state index in [0.29, 0.717) is 25.3 Å². The van der Waals surface area contributed by atoms with Crippen LogP contribution in [0.15, 0.2) is 39.3 Å². The van der Waals surface area contributed by atoms with Gasteiger partial charge in [-0.2, -0.15) is 0 Å². The second-order valence-electron chi connectivity index (χ2n) is 4.90. The van der Waals surface area contributed by atoms with Crippen molar-refractivity contribution in [2.24, 2.45) is 0 Å². The Morgan fingerprint density at radius 2 is 1.78 bits per heavy atom. The fourth-order valence-corrected chi connectivity index (χ4v) is 3.55. The van der Waals surface area contributed by atoms with Gasteiger partial charge in [-0.15, -0.1) is 0 Å². The summed E-state index contributed by atoms with van der Waals surface area (Å²) in [6, 6.07) is 8.08. The van der Waals surface area contributed by atoms with E-state index < -0.39 is 5.97 Å². The molecule has 0 N–H and O–H groups in total. The lowest BCUT2D eigenvalue weighted by Gasteiger charge is -2.13. The second-order valence-corrected chi connectivity index (χ2v) is 7.45. The molecule has 2 rings (SSSR count). The number of carbonyl (C=O) groups excluding carboxylic acids is 1. The molecule has 2 aromatic rings. The van der Waals surface area contributed by atoms with Gasteiger partial charge < -0.3 is 9.47 Å². The zero-order valence-electron chi connectivity index (χ0n) is 12.2. The maximum absolute atomic E-state index is 12.3. The molecule has 7 heteroatoms. The Balaban J connectivity index is 2.23. The molecule has 0 atom stereocenters. The van der Waals surface area contributed by atoms with Crippen LogP contribution < -0.4 is 9.47 Å². The Kier molecular flexibility index (Phi) is 6.37. The molecule has 0 aliphatic carbocycles. The van der Waals surface area contributed by atoms with Crippen molar-refractivity contribution < 1.29 is 14.3 Å². The largest absolute Gasteiger partial charge is 0.490 e. The number of benzene rings is 2. The maximum Gasteiger partial charge on any atom is 0.343 e. The van der Waals surface area contributed by atoms with Crippen LogP contribution in [0, 0.1) is 0 Å². The highest BCUT2D eigenvalue weighted by Crippen LogP contribution is 2.37. The van der Waals surface area contributed by atoms with Crippen molar-refractivity contribution in [1.82, 2.24) is 0 Å². The highest BCUT2D eigenvalue weighted by Gasteiger charge is 2.16. The molecule has 23 heavy (non-hydrogen) atoms. The number of halogens is 4. The van der Waals surface area contributed by atoms with Gasteiger partial charge in [-0.25, -0.2) is 4.79 Å². The Morgan fingerprint density at radius 1 is 1.09 bits per heavy atom. The minimum absolute atomic E-state index is 0.0351. The van der Waals surface area contributed by atoms with Crippen molar-refractivity contribution >= 4 is 61.0 Å². The Hall–Kier alpha value is -0.750. The molecule has 3 nitrogen and oxygen atoms in total. The summed E-state index contributed by atoms with van der Waals surface area (Å²) in [5, 5.41) is 0.691. The van der Waals surface area contributed by atoms with E-state index in [1.807, 2.05) is 13.8 Å². The van der Waals surface area contributed by atoms with E-state index in [9.17, 15) is 4.79 Å². The molecule has 0 bridgehead atoms. The number of hydrogen-bond acceptors (Lipinski definition) is 3. The summed E-state index contributed by atoms with van der Waals surface area (Å²) in [5.41, 5.74) is 0.367. The van der Waals surface area contributed by atoms with Crippen molar-refractivity contribution in [3.8, 4) is 11.5 Å². The lowest BCUT2D eigenvalue weighted by molar-refractivity contribution is 0.0733. The number of carbonyl (C=O) groups is 1. The van der Waals surface area contributed by atoms with Gasteiger partial charge >= 0.3 is 5.97 Å². The summed E-state index contributed by atoms with van der Waals surface area (Å²) in [6.07, 6.45) is 0.0351. The van der Waals surface area contributed by atoms with E-state index in [1.54, 1.807) is 24.3 Å². The smallest absolute Gasteiger partial charge is 0.343 e. The average molecular weight is 483 g/mol. The third-order valence-electron chi connectivity index (χ3n) is 2.69. The fraction of sp³-hybridized carbons (Fsp3) is 0.188. The molecule has 0 saturated carbocycles. The second kappa shape index (κ2) is 7.88. The Morgan fingerprint density at radius 3 is 2.35 bits per heavy atom. The predicted molar refractivity (Wildman–Crippen MR) is 99.0 cm³/mol. The number of esters is 1. The molecule has 0 spiro atoms. The minimum Gasteiger partial charge on any atom is -0.490 e. The van der Waals surface area contributed by atoms with E-state index >= 15 is 0 Å². The first-order valence-electron chi connectivity index (χ1n) is 6.61. The summed E-state index contributed by atoms with van der Waals surface area (Å²) in [5.74, 6) is 0.341. The van der Waals surface area contributed by atoms with Crippen molar-refractivity contribution in [2.75, 3.05) is 0 Å². The first kappa shape index (κ1) is 18.6. The molecule has 0 heterocycles. The average Bonchev–Trinajstić information content (AvgIpc) is 2.44. The van der Waals surface area contributed by atoms with Gasteiger partial charge in [0.2, 0.25) is 0 Å². The highest BCUT2D eigenvalue weighted by atomic mass is 79.9. The lowest BCUT2D eigenvalue weighted by atomic mass is 10.2. The molecule has 0 radical (unpaired) electrons. The first-order chi connectivity index (χ1) is 10.8. The van der Waals surface area contributed by atoms with Crippen LogP contribution in [0.3, 0.4) is 0 Å². The molecular formula is C16H12Br2Cl2O3. The van der Waals surface area contributed by atoms with Gasteiger partial charge in [0, 0.05) is 5.02 Å². The quantitative estimate of drug-likeness (QED) is 0.367. The monoisotopic (exact) mass is 480 g/mol. The van der Waals surface area contributed by atoms with Crippen LogP contribution in [-0.2, 0) is 0 Å². The summed E-state index contributed by atoms with van der Waals surface area (Å²) < 4.78 is 12.1. The standard InChI is InChI=1S/C16H12Br2Cl2O3/c1-8(2)22-14-4-3-9(5-11(14)17)16(21)23-15-12(18)6-10(19)7-13(15)20/h3-8H,1-2H3. The molecule has 0 aromatic heterocycles. The zero-order valence-corrected chi connectivity index (χ0v) is 16.9. The van der Waals surface area contributed by atoms with E-state index in [1.165, 1.54) is 6.07 Å². The molecular weight excluding hydrogens is 471 g/mol. The van der Waals surface area contributed by atoms with Gasteiger partial charge in [0.1, 0.15) is 5.75 Å². The van der Waals surface area contributed by atoms with E-state index in [4.69, 9.17) is 32.7 Å². The normalized spacial score (nSPS) is 10.7. The SMILES string of the molecule is CC(C)Oc1ccc(C(=O)Oc2c(Cl)cc(Cl)cc2Br)cc1Br. The topological polar surface area (TPSA) is 35.5 Å². The van der Waals surface area contributed by atoms with Gasteiger partial charge in [0.05, 0.1) is 25.6 Å². The number of rotatable bonds is 4. The van der Waals surface area contributed by atoms with Crippen LogP contribution in [0.1, 0.15) is 24.2 Å². The van der Waals surface area contributed by atoms with Gasteiger partial charge in [0.15, 0.2) is 5.75 Å². The van der Waals surface area contributed by atoms with Crippen molar-refractivity contribution in [2.45, 2.75) is 20.0 Å². The Bertz CT molecular complexity index is 725. The van der Waals surface area contributed by atoms with E-state index in [2.05, 4.69) is 31.9 Å². The van der Waals surface area contributed by atoms with E-state index in [-0.39, 0.29) is 16.9 Å². The van der Waals surface area contributed by atoms with Gasteiger partial charge in [0.25, 0.3) is 0 Å². The van der Waals surface area contributed by atoms with Crippen molar-refractivity contribution in [3.05, 3.63) is 54.9 Å². The summed E-state index contributed by atoms with van der Waals surface area (Å²) in [7, 11) is 0. The van der Waals surface area contributed by atoms with Crippen molar-refractivity contribution in [3.63, 3.8) is 0 Å². The molecule has 0 amide bonds. The van der Waals surface area contributed by atoms with Gasteiger partial charge in [-0.3, -0.25) is 0 Å².